The van der Waals surface area contributed by atoms with Crippen molar-refractivity contribution in [3.8, 4) is 0 Å². The van der Waals surface area contributed by atoms with Crippen LogP contribution in [-0.2, 0) is 4.79 Å². The molecule has 1 amide bonds. The summed E-state index contributed by atoms with van der Waals surface area (Å²) in [7, 11) is 0. The van der Waals surface area contributed by atoms with E-state index in [4.69, 9.17) is 16.7 Å². The molecule has 0 aliphatic heterocycles. The summed E-state index contributed by atoms with van der Waals surface area (Å²) in [6.07, 6.45) is 4.68. The number of aliphatic hydroxyl groups is 1. The quantitative estimate of drug-likeness (QED) is 0.603. The van der Waals surface area contributed by atoms with Crippen molar-refractivity contribution in [2.24, 2.45) is 0 Å². The Kier molecular flexibility index (Phi) is 6.37. The topological polar surface area (TPSA) is 49.3 Å². The molecule has 0 heterocycles. The fourth-order valence-electron chi connectivity index (χ4n) is 1.29. The number of hydrogen-bond acceptors (Lipinski definition) is 2. The summed E-state index contributed by atoms with van der Waals surface area (Å²) in [5.41, 5.74) is 0.892. The van der Waals surface area contributed by atoms with Gasteiger partial charge in [0.15, 0.2) is 0 Å². The third-order valence-corrected chi connectivity index (χ3v) is 2.40. The first-order valence-corrected chi connectivity index (χ1v) is 5.92. The molecule has 0 aliphatic rings. The average molecular weight is 254 g/mol. The number of amides is 1. The summed E-state index contributed by atoms with van der Waals surface area (Å²) >= 11 is 5.82. The Labute approximate surface area is 106 Å². The summed E-state index contributed by atoms with van der Waals surface area (Å²) in [6, 6.07) is 7.29. The van der Waals surface area contributed by atoms with Crippen molar-refractivity contribution in [1.29, 1.82) is 0 Å². The van der Waals surface area contributed by atoms with Crippen LogP contribution in [0.15, 0.2) is 30.3 Å². The molecule has 0 bridgehead atoms. The van der Waals surface area contributed by atoms with Gasteiger partial charge >= 0.3 is 0 Å². The third kappa shape index (κ3) is 6.09. The lowest BCUT2D eigenvalue weighted by Crippen LogP contribution is -2.22. The standard InChI is InChI=1S/C13H16ClNO2/c14-12-5-3-4-11(10-12)6-7-13(17)15-8-1-2-9-16/h3-7,10,16H,1-2,8-9H2,(H,15,17)/b7-6+. The number of aliphatic hydroxyl groups excluding tert-OH is 1. The molecule has 1 rings (SSSR count). The second-order valence-corrected chi connectivity index (χ2v) is 4.05. The molecule has 0 radical (unpaired) electrons. The molecule has 1 aromatic carbocycles. The molecule has 0 spiro atoms. The van der Waals surface area contributed by atoms with Gasteiger partial charge in [-0.1, -0.05) is 23.7 Å². The summed E-state index contributed by atoms with van der Waals surface area (Å²) in [4.78, 5) is 11.4. The molecule has 4 heteroatoms. The lowest BCUT2D eigenvalue weighted by Gasteiger charge is -2.00. The number of nitrogens with one attached hydrogen (secondary N) is 1. The van der Waals surface area contributed by atoms with Crippen LogP contribution < -0.4 is 5.32 Å². The van der Waals surface area contributed by atoms with Gasteiger partial charge in [0.05, 0.1) is 0 Å². The van der Waals surface area contributed by atoms with Crippen LogP contribution >= 0.6 is 11.6 Å². The van der Waals surface area contributed by atoms with Crippen molar-refractivity contribution >= 4 is 23.6 Å². The van der Waals surface area contributed by atoms with Gasteiger partial charge in [-0.3, -0.25) is 4.79 Å². The lowest BCUT2D eigenvalue weighted by molar-refractivity contribution is -0.116. The molecular formula is C13H16ClNO2. The number of hydrogen-bond donors (Lipinski definition) is 2. The van der Waals surface area contributed by atoms with Crippen LogP contribution in [0.4, 0.5) is 0 Å². The van der Waals surface area contributed by atoms with E-state index in [9.17, 15) is 4.79 Å². The molecule has 0 atom stereocenters. The molecule has 0 fully saturated rings. The summed E-state index contributed by atoms with van der Waals surface area (Å²) in [5.74, 6) is -0.136. The highest BCUT2D eigenvalue weighted by atomic mass is 35.5. The minimum absolute atomic E-state index is 0.136. The van der Waals surface area contributed by atoms with Gasteiger partial charge < -0.3 is 10.4 Å². The number of carbonyl (C=O) groups is 1. The van der Waals surface area contributed by atoms with Crippen LogP contribution in [0.3, 0.4) is 0 Å². The maximum atomic E-state index is 11.4. The van der Waals surface area contributed by atoms with Crippen LogP contribution in [0.25, 0.3) is 6.08 Å². The van der Waals surface area contributed by atoms with E-state index in [2.05, 4.69) is 5.32 Å². The average Bonchev–Trinajstić information content (AvgIpc) is 2.32. The zero-order valence-corrected chi connectivity index (χ0v) is 10.3. The Morgan fingerprint density at radius 1 is 1.41 bits per heavy atom. The highest BCUT2D eigenvalue weighted by Gasteiger charge is 1.95. The van der Waals surface area contributed by atoms with Crippen molar-refractivity contribution < 1.29 is 9.90 Å². The zero-order chi connectivity index (χ0) is 12.5. The second-order valence-electron chi connectivity index (χ2n) is 3.61. The van der Waals surface area contributed by atoms with Gasteiger partial charge in [0.1, 0.15) is 0 Å². The summed E-state index contributed by atoms with van der Waals surface area (Å²) in [6.45, 7) is 0.744. The molecular weight excluding hydrogens is 238 g/mol. The van der Waals surface area contributed by atoms with Crippen LogP contribution in [-0.4, -0.2) is 24.2 Å². The van der Waals surface area contributed by atoms with E-state index in [1.165, 1.54) is 6.08 Å². The number of benzene rings is 1. The van der Waals surface area contributed by atoms with Gasteiger partial charge in [-0.05, 0) is 36.6 Å². The van der Waals surface area contributed by atoms with Crippen molar-refractivity contribution in [2.45, 2.75) is 12.8 Å². The minimum Gasteiger partial charge on any atom is -0.396 e. The number of rotatable bonds is 6. The van der Waals surface area contributed by atoms with Gasteiger partial charge in [-0.2, -0.15) is 0 Å². The van der Waals surface area contributed by atoms with Gasteiger partial charge in [-0.15, -0.1) is 0 Å². The van der Waals surface area contributed by atoms with E-state index < -0.39 is 0 Å². The first-order chi connectivity index (χ1) is 8.22. The van der Waals surface area contributed by atoms with Crippen molar-refractivity contribution in [3.05, 3.63) is 40.9 Å². The Hall–Kier alpha value is -1.32. The normalized spacial score (nSPS) is 10.7. The molecule has 17 heavy (non-hydrogen) atoms. The molecule has 0 saturated carbocycles. The zero-order valence-electron chi connectivity index (χ0n) is 9.53. The molecule has 0 saturated heterocycles. The lowest BCUT2D eigenvalue weighted by atomic mass is 10.2. The number of carbonyl (C=O) groups excluding carboxylic acids is 1. The summed E-state index contributed by atoms with van der Waals surface area (Å²) < 4.78 is 0. The first-order valence-electron chi connectivity index (χ1n) is 5.54. The van der Waals surface area contributed by atoms with Crippen molar-refractivity contribution in [1.82, 2.24) is 5.32 Å². The Balaban J connectivity index is 2.35. The van der Waals surface area contributed by atoms with E-state index in [-0.39, 0.29) is 12.5 Å². The third-order valence-electron chi connectivity index (χ3n) is 2.16. The van der Waals surface area contributed by atoms with E-state index in [1.54, 1.807) is 18.2 Å². The van der Waals surface area contributed by atoms with Crippen molar-refractivity contribution in [2.75, 3.05) is 13.2 Å². The van der Waals surface area contributed by atoms with Gasteiger partial charge in [0.25, 0.3) is 0 Å². The predicted molar refractivity (Wildman–Crippen MR) is 69.8 cm³/mol. The Morgan fingerprint density at radius 2 is 2.24 bits per heavy atom. The largest absolute Gasteiger partial charge is 0.396 e. The van der Waals surface area contributed by atoms with Crippen LogP contribution in [0.2, 0.25) is 5.02 Å². The van der Waals surface area contributed by atoms with Crippen molar-refractivity contribution in [3.63, 3.8) is 0 Å². The SMILES string of the molecule is O=C(/C=C/c1cccc(Cl)c1)NCCCCO. The predicted octanol–water partition coefficient (Wildman–Crippen LogP) is 2.24. The fourth-order valence-corrected chi connectivity index (χ4v) is 1.49. The van der Waals surface area contributed by atoms with E-state index >= 15 is 0 Å². The highest BCUT2D eigenvalue weighted by molar-refractivity contribution is 6.30. The first kappa shape index (κ1) is 13.7. The smallest absolute Gasteiger partial charge is 0.243 e. The van der Waals surface area contributed by atoms with Gasteiger partial charge in [0, 0.05) is 24.3 Å². The van der Waals surface area contributed by atoms with E-state index in [1.807, 2.05) is 12.1 Å². The Morgan fingerprint density at radius 3 is 2.94 bits per heavy atom. The molecule has 1 aromatic rings. The minimum atomic E-state index is -0.136. The van der Waals surface area contributed by atoms with Gasteiger partial charge in [-0.25, -0.2) is 0 Å². The molecule has 0 unspecified atom stereocenters. The highest BCUT2D eigenvalue weighted by Crippen LogP contribution is 2.11. The summed E-state index contributed by atoms with van der Waals surface area (Å²) in [5, 5.41) is 12.0. The molecule has 3 nitrogen and oxygen atoms in total. The Bertz CT molecular complexity index is 391. The number of halogens is 1. The van der Waals surface area contributed by atoms with Gasteiger partial charge in [0.2, 0.25) is 5.91 Å². The van der Waals surface area contributed by atoms with Crippen LogP contribution in [0.5, 0.6) is 0 Å². The maximum Gasteiger partial charge on any atom is 0.243 e. The van der Waals surface area contributed by atoms with E-state index in [0.717, 1.165) is 12.0 Å². The second kappa shape index (κ2) is 7.87. The van der Waals surface area contributed by atoms with E-state index in [0.29, 0.717) is 18.0 Å². The molecule has 0 aromatic heterocycles. The monoisotopic (exact) mass is 253 g/mol. The fraction of sp³-hybridized carbons (Fsp3) is 0.308. The molecule has 0 aliphatic carbocycles. The molecule has 2 N–H and O–H groups in total. The van der Waals surface area contributed by atoms with Crippen LogP contribution in [0.1, 0.15) is 18.4 Å². The molecule has 92 valence electrons. The van der Waals surface area contributed by atoms with Crippen LogP contribution in [0, 0.1) is 0 Å². The maximum absolute atomic E-state index is 11.4. The number of unbranched alkanes of at least 4 members (excludes halogenated alkanes) is 1.